The average Bonchev–Trinajstić information content (AvgIpc) is 3.55. The van der Waals surface area contributed by atoms with Crippen molar-refractivity contribution < 1.29 is 29.3 Å². The van der Waals surface area contributed by atoms with Gasteiger partial charge >= 0.3 is 5.97 Å². The molecule has 1 aliphatic rings. The van der Waals surface area contributed by atoms with Crippen LogP contribution in [-0.2, 0) is 16.0 Å². The normalized spacial score (nSPS) is 18.4. The van der Waals surface area contributed by atoms with Crippen molar-refractivity contribution in [3.63, 3.8) is 0 Å². The predicted molar refractivity (Wildman–Crippen MR) is 154 cm³/mol. The molecule has 3 aromatic rings. The van der Waals surface area contributed by atoms with Gasteiger partial charge in [0.25, 0.3) is 5.91 Å². The Balaban J connectivity index is 1.39. The van der Waals surface area contributed by atoms with Crippen LogP contribution in [0, 0.1) is 18.8 Å². The maximum Gasteiger partial charge on any atom is 0.303 e. The number of ether oxygens (including phenoxy) is 1. The van der Waals surface area contributed by atoms with Crippen LogP contribution in [0.2, 0.25) is 0 Å². The minimum Gasteiger partial charge on any atom is -0.494 e. The Bertz CT molecular complexity index is 1340. The van der Waals surface area contributed by atoms with Crippen molar-refractivity contribution in [3.05, 3.63) is 70.9 Å². The van der Waals surface area contributed by atoms with Gasteiger partial charge in [-0.1, -0.05) is 44.2 Å². The molecule has 1 unspecified atom stereocenters. The van der Waals surface area contributed by atoms with Gasteiger partial charge in [0, 0.05) is 30.9 Å². The molecular weight excluding hydrogens is 528 g/mol. The topological polar surface area (TPSA) is 117 Å². The summed E-state index contributed by atoms with van der Waals surface area (Å²) in [6, 6.07) is 14.3. The van der Waals surface area contributed by atoms with E-state index in [1.165, 1.54) is 4.90 Å². The third-order valence-electron chi connectivity index (χ3n) is 7.57. The molecule has 4 rings (SSSR count). The number of amides is 1. The third-order valence-corrected chi connectivity index (χ3v) is 8.55. The summed E-state index contributed by atoms with van der Waals surface area (Å²) in [5.74, 6) is -1.08. The molecule has 0 radical (unpaired) electrons. The van der Waals surface area contributed by atoms with Gasteiger partial charge < -0.3 is 19.8 Å². The Morgan fingerprint density at radius 1 is 1.15 bits per heavy atom. The number of likely N-dealkylation sites (tertiary alicyclic amines) is 1. The molecule has 9 heteroatoms. The highest BCUT2D eigenvalue weighted by Gasteiger charge is 2.41. The number of aliphatic hydroxyl groups excluding tert-OH is 1. The maximum absolute atomic E-state index is 13.6. The van der Waals surface area contributed by atoms with Gasteiger partial charge in [-0.3, -0.25) is 14.4 Å². The smallest absolute Gasteiger partial charge is 0.303 e. The first kappa shape index (κ1) is 29.4. The summed E-state index contributed by atoms with van der Waals surface area (Å²) in [6.45, 7) is 6.27. The number of carbonyl (C=O) groups excluding carboxylic acids is 2. The van der Waals surface area contributed by atoms with Gasteiger partial charge in [0.15, 0.2) is 5.78 Å². The van der Waals surface area contributed by atoms with E-state index in [9.17, 15) is 19.5 Å². The molecule has 2 aromatic carbocycles. The van der Waals surface area contributed by atoms with E-state index < -0.39 is 18.1 Å². The van der Waals surface area contributed by atoms with E-state index in [2.05, 4.69) is 29.2 Å². The lowest BCUT2D eigenvalue weighted by atomic mass is 9.83. The lowest BCUT2D eigenvalue weighted by molar-refractivity contribution is -0.137. The molecule has 2 N–H and O–H groups in total. The quantitative estimate of drug-likeness (QED) is 0.297. The zero-order valence-electron chi connectivity index (χ0n) is 23.1. The molecule has 212 valence electrons. The molecule has 0 spiro atoms. The number of carboxylic acid groups (broad SMARTS) is 1. The highest BCUT2D eigenvalue weighted by atomic mass is 32.1. The van der Waals surface area contributed by atoms with Gasteiger partial charge in [0.2, 0.25) is 0 Å². The number of ketones is 1. The largest absolute Gasteiger partial charge is 0.494 e. The molecule has 0 aliphatic carbocycles. The van der Waals surface area contributed by atoms with E-state index in [-0.39, 0.29) is 49.5 Å². The first-order valence-corrected chi connectivity index (χ1v) is 14.5. The number of rotatable bonds is 12. The van der Waals surface area contributed by atoms with E-state index in [4.69, 9.17) is 9.84 Å². The molecule has 0 saturated carbocycles. The highest BCUT2D eigenvalue weighted by molar-refractivity contribution is 7.13. The molecule has 1 fully saturated rings. The number of Topliss-reactive ketones (excluding diaryl/α,β-unsaturated/α-hetero) is 1. The van der Waals surface area contributed by atoms with Crippen LogP contribution in [0.15, 0.2) is 54.0 Å². The van der Waals surface area contributed by atoms with E-state index in [0.717, 1.165) is 28.1 Å². The van der Waals surface area contributed by atoms with Crippen LogP contribution in [-0.4, -0.2) is 63.1 Å². The number of nitrogens with zero attached hydrogens (tertiary/aromatic N) is 2. The van der Waals surface area contributed by atoms with Crippen molar-refractivity contribution in [1.82, 2.24) is 9.88 Å². The zero-order valence-corrected chi connectivity index (χ0v) is 23.9. The number of hydrogen-bond donors (Lipinski definition) is 2. The Labute approximate surface area is 238 Å². The number of aromatic nitrogens is 1. The van der Waals surface area contributed by atoms with E-state index >= 15 is 0 Å². The molecule has 40 heavy (non-hydrogen) atoms. The number of hydrogen-bond acceptors (Lipinski definition) is 7. The van der Waals surface area contributed by atoms with Gasteiger partial charge in [-0.15, -0.1) is 11.3 Å². The van der Waals surface area contributed by atoms with Gasteiger partial charge in [0.1, 0.15) is 5.75 Å². The minimum atomic E-state index is -0.890. The van der Waals surface area contributed by atoms with Gasteiger partial charge in [0.05, 0.1) is 34.8 Å². The summed E-state index contributed by atoms with van der Waals surface area (Å²) in [7, 11) is 0. The van der Waals surface area contributed by atoms with Crippen LogP contribution < -0.4 is 4.74 Å². The van der Waals surface area contributed by atoms with Crippen LogP contribution in [0.4, 0.5) is 0 Å². The van der Waals surface area contributed by atoms with E-state index in [1.807, 2.05) is 26.3 Å². The SMILES string of the molecule is Cc1ncsc1-c1ccc(CC(C)[C@H](C)C(=O)[C@@H]2C[C@@H](O)CN2C(=O)c2cccc(OCCCC(=O)O)c2)cc1. The summed E-state index contributed by atoms with van der Waals surface area (Å²) in [6.07, 6.45) is 0.533. The zero-order chi connectivity index (χ0) is 28.8. The van der Waals surface area contributed by atoms with Gasteiger partial charge in [-0.25, -0.2) is 4.98 Å². The van der Waals surface area contributed by atoms with Crippen molar-refractivity contribution in [2.45, 2.75) is 58.6 Å². The van der Waals surface area contributed by atoms with Crippen molar-refractivity contribution in [3.8, 4) is 16.2 Å². The van der Waals surface area contributed by atoms with Crippen molar-refractivity contribution in [2.24, 2.45) is 11.8 Å². The Morgan fingerprint density at radius 2 is 1.90 bits per heavy atom. The number of β-amino-alcohol motifs (C(OH)–C–C–N with tert-alkyl or cyclic N) is 1. The standard InChI is InChI=1S/C31H36N2O6S/c1-19(14-22-9-11-23(12-10-22)30-21(3)32-18-40-30)20(2)29(37)27-16-25(34)17-33(27)31(38)24-6-4-7-26(15-24)39-13-5-8-28(35)36/h4,6-7,9-12,15,18-20,25,27,34H,5,8,13-14,16-17H2,1-3H3,(H,35,36)/t19?,20-,25+,27-/m0/s1. The molecule has 4 atom stereocenters. The van der Waals surface area contributed by atoms with Crippen molar-refractivity contribution in [1.29, 1.82) is 0 Å². The first-order valence-electron chi connectivity index (χ1n) is 13.6. The predicted octanol–water partition coefficient (Wildman–Crippen LogP) is 5.02. The van der Waals surface area contributed by atoms with Crippen LogP contribution in [0.25, 0.3) is 10.4 Å². The van der Waals surface area contributed by atoms with Crippen LogP contribution >= 0.6 is 11.3 Å². The second kappa shape index (κ2) is 13.2. The molecule has 1 amide bonds. The van der Waals surface area contributed by atoms with Crippen molar-refractivity contribution >= 4 is 29.0 Å². The molecule has 0 bridgehead atoms. The second-order valence-electron chi connectivity index (χ2n) is 10.6. The van der Waals surface area contributed by atoms with Gasteiger partial charge in [-0.2, -0.15) is 0 Å². The summed E-state index contributed by atoms with van der Waals surface area (Å²) in [4.78, 5) is 44.7. The Morgan fingerprint density at radius 3 is 2.58 bits per heavy atom. The Hall–Kier alpha value is -3.56. The fourth-order valence-corrected chi connectivity index (χ4v) is 5.92. The number of aryl methyl sites for hydroxylation is 1. The number of aliphatic carboxylic acids is 1. The summed E-state index contributed by atoms with van der Waals surface area (Å²) >= 11 is 1.62. The third kappa shape index (κ3) is 7.14. The van der Waals surface area contributed by atoms with E-state index in [1.54, 1.807) is 35.6 Å². The van der Waals surface area contributed by atoms with E-state index in [0.29, 0.717) is 17.7 Å². The summed E-state index contributed by atoms with van der Waals surface area (Å²) in [5.41, 5.74) is 5.48. The summed E-state index contributed by atoms with van der Waals surface area (Å²) < 4.78 is 5.61. The van der Waals surface area contributed by atoms with Crippen LogP contribution in [0.3, 0.4) is 0 Å². The fraction of sp³-hybridized carbons (Fsp3) is 0.419. The number of carboxylic acids is 1. The molecule has 1 aromatic heterocycles. The first-order chi connectivity index (χ1) is 19.1. The summed E-state index contributed by atoms with van der Waals surface area (Å²) in [5, 5.41) is 19.2. The van der Waals surface area contributed by atoms with Gasteiger partial charge in [-0.05, 0) is 55.0 Å². The maximum atomic E-state index is 13.6. The number of aliphatic hydroxyl groups is 1. The second-order valence-corrected chi connectivity index (χ2v) is 11.4. The minimum absolute atomic E-state index is 0.00254. The lowest BCUT2D eigenvalue weighted by Gasteiger charge is -2.28. The Kier molecular flexibility index (Phi) is 9.71. The molecular formula is C31H36N2O6S. The molecule has 1 saturated heterocycles. The van der Waals surface area contributed by atoms with Crippen molar-refractivity contribution in [2.75, 3.05) is 13.2 Å². The van der Waals surface area contributed by atoms with Crippen LogP contribution in [0.1, 0.15) is 54.7 Å². The fourth-order valence-electron chi connectivity index (χ4n) is 5.11. The monoisotopic (exact) mass is 564 g/mol. The average molecular weight is 565 g/mol. The van der Waals surface area contributed by atoms with Crippen LogP contribution in [0.5, 0.6) is 5.75 Å². The number of carbonyl (C=O) groups is 3. The molecule has 2 heterocycles. The number of thiazole rings is 1. The highest BCUT2D eigenvalue weighted by Crippen LogP contribution is 2.30. The molecule has 1 aliphatic heterocycles. The lowest BCUT2D eigenvalue weighted by Crippen LogP contribution is -2.43. The number of benzene rings is 2. The molecule has 8 nitrogen and oxygen atoms in total.